The summed E-state index contributed by atoms with van der Waals surface area (Å²) in [6, 6.07) is 16.6. The van der Waals surface area contributed by atoms with Crippen molar-refractivity contribution in [3.05, 3.63) is 65.5 Å². The third-order valence-corrected chi connectivity index (χ3v) is 3.02. The molecular weight excluding hydrogens is 241 g/mol. The summed E-state index contributed by atoms with van der Waals surface area (Å²) in [5.41, 5.74) is 1.85. The fourth-order valence-corrected chi connectivity index (χ4v) is 1.98. The predicted octanol–water partition coefficient (Wildman–Crippen LogP) is 3.68. The number of rotatable bonds is 4. The van der Waals surface area contributed by atoms with Crippen LogP contribution in [-0.2, 0) is 6.42 Å². The first-order chi connectivity index (χ1) is 9.24. The van der Waals surface area contributed by atoms with Crippen LogP contribution < -0.4 is 4.74 Å². The molecule has 0 heterocycles. The van der Waals surface area contributed by atoms with Gasteiger partial charge in [-0.05, 0) is 29.7 Å². The molecule has 2 aromatic rings. The molecule has 1 unspecified atom stereocenters. The van der Waals surface area contributed by atoms with Gasteiger partial charge in [0.25, 0.3) is 0 Å². The summed E-state index contributed by atoms with van der Waals surface area (Å²) < 4.78 is 18.3. The monoisotopic (exact) mass is 255 g/mol. The zero-order chi connectivity index (χ0) is 13.7. The second kappa shape index (κ2) is 6.01. The quantitative estimate of drug-likeness (QED) is 0.834. The summed E-state index contributed by atoms with van der Waals surface area (Å²) in [5, 5.41) is 9.29. The third-order valence-electron chi connectivity index (χ3n) is 3.02. The molecule has 2 nitrogen and oxygen atoms in total. The molecule has 3 heteroatoms. The Kier molecular flexibility index (Phi) is 4.15. The zero-order valence-electron chi connectivity index (χ0n) is 10.6. The summed E-state index contributed by atoms with van der Waals surface area (Å²) in [5.74, 6) is -0.551. The first-order valence-electron chi connectivity index (χ1n) is 6.01. The average molecular weight is 255 g/mol. The Labute approximate surface area is 112 Å². The van der Waals surface area contributed by atoms with E-state index in [0.717, 1.165) is 11.1 Å². The fourth-order valence-electron chi connectivity index (χ4n) is 1.98. The molecule has 1 atom stereocenters. The lowest BCUT2D eigenvalue weighted by molar-refractivity contribution is 0.385. The highest BCUT2D eigenvalue weighted by Crippen LogP contribution is 2.26. The van der Waals surface area contributed by atoms with Crippen LogP contribution in [0.4, 0.5) is 4.39 Å². The maximum atomic E-state index is 13.4. The number of hydrogen-bond donors (Lipinski definition) is 0. The predicted molar refractivity (Wildman–Crippen MR) is 71.5 cm³/mol. The van der Waals surface area contributed by atoms with E-state index in [9.17, 15) is 9.65 Å². The van der Waals surface area contributed by atoms with Crippen molar-refractivity contribution in [2.45, 2.75) is 12.3 Å². The van der Waals surface area contributed by atoms with E-state index in [1.54, 1.807) is 12.1 Å². The summed E-state index contributed by atoms with van der Waals surface area (Å²) in [6.45, 7) is 0. The van der Waals surface area contributed by atoms with Crippen LogP contribution >= 0.6 is 0 Å². The van der Waals surface area contributed by atoms with Crippen LogP contribution in [0.25, 0.3) is 0 Å². The molecule has 96 valence electrons. The van der Waals surface area contributed by atoms with Gasteiger partial charge in [0.15, 0.2) is 11.6 Å². The van der Waals surface area contributed by atoms with Crippen molar-refractivity contribution in [3.8, 4) is 11.8 Å². The van der Waals surface area contributed by atoms with E-state index in [1.807, 2.05) is 30.3 Å². The maximum absolute atomic E-state index is 13.4. The van der Waals surface area contributed by atoms with Crippen molar-refractivity contribution in [2.75, 3.05) is 7.11 Å². The Morgan fingerprint density at radius 1 is 1.21 bits per heavy atom. The van der Waals surface area contributed by atoms with Gasteiger partial charge in [-0.3, -0.25) is 0 Å². The van der Waals surface area contributed by atoms with E-state index in [-0.39, 0.29) is 11.7 Å². The summed E-state index contributed by atoms with van der Waals surface area (Å²) in [4.78, 5) is 0. The van der Waals surface area contributed by atoms with Crippen LogP contribution in [0.5, 0.6) is 5.75 Å². The number of benzene rings is 2. The Bertz CT molecular complexity index is 589. The molecule has 0 fully saturated rings. The van der Waals surface area contributed by atoms with Gasteiger partial charge in [-0.1, -0.05) is 36.4 Å². The van der Waals surface area contributed by atoms with Crippen molar-refractivity contribution in [1.82, 2.24) is 0 Å². The molecule has 0 aliphatic heterocycles. The molecule has 0 aliphatic rings. The summed E-state index contributed by atoms with van der Waals surface area (Å²) in [7, 11) is 1.42. The minimum atomic E-state index is -0.414. The number of ether oxygens (including phenoxy) is 1. The molecule has 0 spiro atoms. The van der Waals surface area contributed by atoms with Gasteiger partial charge in [0.05, 0.1) is 19.1 Å². The van der Waals surface area contributed by atoms with Gasteiger partial charge in [-0.15, -0.1) is 0 Å². The van der Waals surface area contributed by atoms with Gasteiger partial charge < -0.3 is 4.74 Å². The van der Waals surface area contributed by atoms with Gasteiger partial charge in [0.2, 0.25) is 0 Å². The molecule has 0 radical (unpaired) electrons. The summed E-state index contributed by atoms with van der Waals surface area (Å²) >= 11 is 0. The second-order valence-corrected chi connectivity index (χ2v) is 4.27. The lowest BCUT2D eigenvalue weighted by Crippen LogP contribution is -2.01. The van der Waals surface area contributed by atoms with Gasteiger partial charge in [-0.2, -0.15) is 5.26 Å². The molecule has 0 saturated heterocycles. The lowest BCUT2D eigenvalue weighted by atomic mass is 9.93. The van der Waals surface area contributed by atoms with E-state index < -0.39 is 5.82 Å². The van der Waals surface area contributed by atoms with Crippen molar-refractivity contribution >= 4 is 0 Å². The topological polar surface area (TPSA) is 33.0 Å². The minimum Gasteiger partial charge on any atom is -0.494 e. The molecule has 0 bridgehead atoms. The van der Waals surface area contributed by atoms with Crippen LogP contribution in [0.3, 0.4) is 0 Å². The molecule has 0 aromatic heterocycles. The Morgan fingerprint density at radius 3 is 2.58 bits per heavy atom. The van der Waals surface area contributed by atoms with Gasteiger partial charge in [0, 0.05) is 0 Å². The Balaban J connectivity index is 2.25. The van der Waals surface area contributed by atoms with Gasteiger partial charge >= 0.3 is 0 Å². The van der Waals surface area contributed by atoms with E-state index in [0.29, 0.717) is 6.42 Å². The minimum absolute atomic E-state index is 0.172. The van der Waals surface area contributed by atoms with E-state index in [4.69, 9.17) is 4.74 Å². The fraction of sp³-hybridized carbons (Fsp3) is 0.188. The highest BCUT2D eigenvalue weighted by molar-refractivity contribution is 5.36. The Hall–Kier alpha value is -2.34. The number of methoxy groups -OCH3 is 1. The second-order valence-electron chi connectivity index (χ2n) is 4.27. The molecule has 0 N–H and O–H groups in total. The SMILES string of the molecule is COc1cc(C(C#N)Cc2ccccc2)ccc1F. The van der Waals surface area contributed by atoms with Gasteiger partial charge in [-0.25, -0.2) is 4.39 Å². The van der Waals surface area contributed by atoms with E-state index in [2.05, 4.69) is 6.07 Å². The molecule has 0 saturated carbocycles. The lowest BCUT2D eigenvalue weighted by Gasteiger charge is -2.11. The molecule has 19 heavy (non-hydrogen) atoms. The number of halogens is 1. The van der Waals surface area contributed by atoms with Crippen molar-refractivity contribution in [2.24, 2.45) is 0 Å². The van der Waals surface area contributed by atoms with Crippen LogP contribution in [0, 0.1) is 17.1 Å². The average Bonchev–Trinajstić information content (AvgIpc) is 2.46. The largest absolute Gasteiger partial charge is 0.494 e. The number of nitriles is 1. The first-order valence-corrected chi connectivity index (χ1v) is 6.01. The van der Waals surface area contributed by atoms with E-state index in [1.165, 1.54) is 13.2 Å². The molecule has 0 amide bonds. The highest BCUT2D eigenvalue weighted by Gasteiger charge is 2.14. The number of hydrogen-bond acceptors (Lipinski definition) is 2. The van der Waals surface area contributed by atoms with Crippen LogP contribution in [0.2, 0.25) is 0 Å². The van der Waals surface area contributed by atoms with Crippen LogP contribution in [-0.4, -0.2) is 7.11 Å². The third kappa shape index (κ3) is 3.11. The maximum Gasteiger partial charge on any atom is 0.165 e. The smallest absolute Gasteiger partial charge is 0.165 e. The van der Waals surface area contributed by atoms with Crippen molar-refractivity contribution in [1.29, 1.82) is 5.26 Å². The van der Waals surface area contributed by atoms with Crippen LogP contribution in [0.1, 0.15) is 17.0 Å². The zero-order valence-corrected chi connectivity index (χ0v) is 10.6. The Morgan fingerprint density at radius 2 is 1.95 bits per heavy atom. The van der Waals surface area contributed by atoms with Crippen molar-refractivity contribution in [3.63, 3.8) is 0 Å². The van der Waals surface area contributed by atoms with E-state index >= 15 is 0 Å². The van der Waals surface area contributed by atoms with Crippen LogP contribution in [0.15, 0.2) is 48.5 Å². The number of nitrogens with zero attached hydrogens (tertiary/aromatic N) is 1. The molecule has 0 aliphatic carbocycles. The van der Waals surface area contributed by atoms with Gasteiger partial charge in [0.1, 0.15) is 0 Å². The van der Waals surface area contributed by atoms with Crippen molar-refractivity contribution < 1.29 is 9.13 Å². The molecule has 2 aromatic carbocycles. The highest BCUT2D eigenvalue weighted by atomic mass is 19.1. The molecule has 2 rings (SSSR count). The first kappa shape index (κ1) is 13.1. The normalized spacial score (nSPS) is 11.6. The standard InChI is InChI=1S/C16H14FNO/c1-19-16-10-13(7-8-15(16)17)14(11-18)9-12-5-3-2-4-6-12/h2-8,10,14H,9H2,1H3. The molecular formula is C16H14FNO. The summed E-state index contributed by atoms with van der Waals surface area (Å²) in [6.07, 6.45) is 0.603.